The van der Waals surface area contributed by atoms with Crippen molar-refractivity contribution < 1.29 is 0 Å². The van der Waals surface area contributed by atoms with Crippen molar-refractivity contribution in [1.82, 2.24) is 0 Å². The van der Waals surface area contributed by atoms with Crippen molar-refractivity contribution >= 4 is 6.08 Å². The minimum atomic E-state index is 0.966. The standard InChI is InChI=1S/C14H14/c1-3-4-8-13(2)11-12-14-9-6-5-7-10-14/h3-12H,1-2H2/b8-4-,12-11+. The van der Waals surface area contributed by atoms with Crippen LogP contribution in [0.1, 0.15) is 5.56 Å². The second kappa shape index (κ2) is 5.76. The maximum Gasteiger partial charge on any atom is -0.0256 e. The third-order valence-electron chi connectivity index (χ3n) is 1.74. The summed E-state index contributed by atoms with van der Waals surface area (Å²) in [5.41, 5.74) is 2.15. The zero-order valence-electron chi connectivity index (χ0n) is 8.19. The molecule has 0 aromatic heterocycles. The van der Waals surface area contributed by atoms with Crippen LogP contribution in [0.15, 0.2) is 73.4 Å². The van der Waals surface area contributed by atoms with Crippen molar-refractivity contribution in [2.24, 2.45) is 0 Å². The Hall–Kier alpha value is -1.82. The van der Waals surface area contributed by atoms with Gasteiger partial charge in [-0.05, 0) is 11.1 Å². The second-order valence-corrected chi connectivity index (χ2v) is 2.91. The molecular weight excluding hydrogens is 168 g/mol. The molecule has 70 valence electrons. The van der Waals surface area contributed by atoms with E-state index in [2.05, 4.69) is 25.3 Å². The first-order valence-electron chi connectivity index (χ1n) is 4.54. The van der Waals surface area contributed by atoms with Crippen LogP contribution in [-0.4, -0.2) is 0 Å². The molecule has 0 nitrogen and oxygen atoms in total. The van der Waals surface area contributed by atoms with Crippen LogP contribution in [0.2, 0.25) is 0 Å². The molecule has 0 heterocycles. The highest BCUT2D eigenvalue weighted by molar-refractivity contribution is 5.53. The smallest absolute Gasteiger partial charge is 0.0256 e. The molecule has 0 fully saturated rings. The number of allylic oxidation sites excluding steroid dienone is 5. The van der Waals surface area contributed by atoms with Crippen LogP contribution in [0.5, 0.6) is 0 Å². The van der Waals surface area contributed by atoms with Crippen LogP contribution < -0.4 is 0 Å². The van der Waals surface area contributed by atoms with Gasteiger partial charge in [0.15, 0.2) is 0 Å². The number of benzene rings is 1. The van der Waals surface area contributed by atoms with Gasteiger partial charge in [-0.1, -0.05) is 73.9 Å². The number of hydrogen-bond donors (Lipinski definition) is 0. The molecule has 0 heteroatoms. The molecule has 1 aromatic carbocycles. The van der Waals surface area contributed by atoms with Crippen molar-refractivity contribution in [3.63, 3.8) is 0 Å². The lowest BCUT2D eigenvalue weighted by molar-refractivity contribution is 1.65. The van der Waals surface area contributed by atoms with Gasteiger partial charge in [-0.3, -0.25) is 0 Å². The molecule has 0 amide bonds. The summed E-state index contributed by atoms with van der Waals surface area (Å²) in [6.07, 6.45) is 9.55. The van der Waals surface area contributed by atoms with Gasteiger partial charge in [0.05, 0.1) is 0 Å². The van der Waals surface area contributed by atoms with E-state index in [0.717, 1.165) is 5.57 Å². The van der Waals surface area contributed by atoms with Gasteiger partial charge in [-0.25, -0.2) is 0 Å². The van der Waals surface area contributed by atoms with Crippen molar-refractivity contribution in [2.45, 2.75) is 0 Å². The average Bonchev–Trinajstić information content (AvgIpc) is 2.25. The van der Waals surface area contributed by atoms with Crippen LogP contribution in [0.3, 0.4) is 0 Å². The lowest BCUT2D eigenvalue weighted by Crippen LogP contribution is -1.70. The predicted octanol–water partition coefficient (Wildman–Crippen LogP) is 4.00. The van der Waals surface area contributed by atoms with Gasteiger partial charge in [-0.2, -0.15) is 0 Å². The Balaban J connectivity index is 2.60. The molecule has 1 aromatic rings. The van der Waals surface area contributed by atoms with Crippen LogP contribution in [-0.2, 0) is 0 Å². The SMILES string of the molecule is C=C/C=C\C(=C)/C=C/c1ccccc1. The Bertz CT molecular complexity index is 353. The summed E-state index contributed by atoms with van der Waals surface area (Å²) in [6, 6.07) is 10.1. The summed E-state index contributed by atoms with van der Waals surface area (Å²) in [4.78, 5) is 0. The van der Waals surface area contributed by atoms with Crippen molar-refractivity contribution in [1.29, 1.82) is 0 Å². The molecule has 14 heavy (non-hydrogen) atoms. The minimum Gasteiger partial charge on any atom is -0.0991 e. The van der Waals surface area contributed by atoms with Crippen molar-refractivity contribution in [2.75, 3.05) is 0 Å². The molecule has 0 N–H and O–H groups in total. The number of rotatable bonds is 4. The number of hydrogen-bond acceptors (Lipinski definition) is 0. The average molecular weight is 182 g/mol. The monoisotopic (exact) mass is 182 g/mol. The van der Waals surface area contributed by atoms with E-state index in [1.807, 2.05) is 42.5 Å². The van der Waals surface area contributed by atoms with Gasteiger partial charge in [0.25, 0.3) is 0 Å². The lowest BCUT2D eigenvalue weighted by atomic mass is 10.1. The molecule has 1 rings (SSSR count). The van der Waals surface area contributed by atoms with Gasteiger partial charge in [0, 0.05) is 0 Å². The zero-order valence-corrected chi connectivity index (χ0v) is 8.19. The van der Waals surface area contributed by atoms with E-state index in [9.17, 15) is 0 Å². The van der Waals surface area contributed by atoms with E-state index < -0.39 is 0 Å². The minimum absolute atomic E-state index is 0.966. The molecule has 0 atom stereocenters. The van der Waals surface area contributed by atoms with Gasteiger partial charge in [-0.15, -0.1) is 0 Å². The van der Waals surface area contributed by atoms with Crippen LogP contribution >= 0.6 is 0 Å². The Kier molecular flexibility index (Phi) is 4.22. The summed E-state index contributed by atoms with van der Waals surface area (Å²) in [7, 11) is 0. The first-order valence-corrected chi connectivity index (χ1v) is 4.54. The molecule has 0 aliphatic carbocycles. The molecular formula is C14H14. The molecule has 0 aliphatic heterocycles. The quantitative estimate of drug-likeness (QED) is 0.617. The van der Waals surface area contributed by atoms with E-state index >= 15 is 0 Å². The van der Waals surface area contributed by atoms with Gasteiger partial charge < -0.3 is 0 Å². The van der Waals surface area contributed by atoms with Crippen LogP contribution in [0, 0.1) is 0 Å². The molecule has 0 bridgehead atoms. The van der Waals surface area contributed by atoms with E-state index in [1.54, 1.807) is 6.08 Å². The summed E-state index contributed by atoms with van der Waals surface area (Å²) in [5.74, 6) is 0. The normalized spacial score (nSPS) is 10.9. The summed E-state index contributed by atoms with van der Waals surface area (Å²) in [5, 5.41) is 0. The highest BCUT2D eigenvalue weighted by Gasteiger charge is 1.82. The second-order valence-electron chi connectivity index (χ2n) is 2.91. The molecule has 0 saturated carbocycles. The molecule has 0 saturated heterocycles. The highest BCUT2D eigenvalue weighted by Crippen LogP contribution is 2.04. The lowest BCUT2D eigenvalue weighted by Gasteiger charge is -1.91. The fourth-order valence-electron chi connectivity index (χ4n) is 1.01. The first kappa shape index (κ1) is 10.3. The van der Waals surface area contributed by atoms with Gasteiger partial charge >= 0.3 is 0 Å². The predicted molar refractivity (Wildman–Crippen MR) is 64.0 cm³/mol. The Morgan fingerprint density at radius 1 is 1.07 bits per heavy atom. The Labute approximate surface area is 85.6 Å². The first-order chi connectivity index (χ1) is 6.83. The Morgan fingerprint density at radius 2 is 1.79 bits per heavy atom. The molecule has 0 spiro atoms. The Morgan fingerprint density at radius 3 is 2.43 bits per heavy atom. The summed E-state index contributed by atoms with van der Waals surface area (Å²) >= 11 is 0. The third kappa shape index (κ3) is 3.72. The maximum atomic E-state index is 3.89. The molecule has 0 unspecified atom stereocenters. The third-order valence-corrected chi connectivity index (χ3v) is 1.74. The van der Waals surface area contributed by atoms with Gasteiger partial charge in [0.1, 0.15) is 0 Å². The fraction of sp³-hybridized carbons (Fsp3) is 0. The largest absolute Gasteiger partial charge is 0.0991 e. The van der Waals surface area contributed by atoms with Crippen molar-refractivity contribution in [3.8, 4) is 0 Å². The topological polar surface area (TPSA) is 0 Å². The van der Waals surface area contributed by atoms with E-state index in [4.69, 9.17) is 0 Å². The summed E-state index contributed by atoms with van der Waals surface area (Å²) in [6.45, 7) is 7.48. The van der Waals surface area contributed by atoms with E-state index in [-0.39, 0.29) is 0 Å². The zero-order chi connectivity index (χ0) is 10.2. The summed E-state index contributed by atoms with van der Waals surface area (Å²) < 4.78 is 0. The van der Waals surface area contributed by atoms with E-state index in [0.29, 0.717) is 0 Å². The molecule has 0 radical (unpaired) electrons. The van der Waals surface area contributed by atoms with Crippen molar-refractivity contribution in [3.05, 3.63) is 78.9 Å². The van der Waals surface area contributed by atoms with Crippen LogP contribution in [0.25, 0.3) is 6.08 Å². The van der Waals surface area contributed by atoms with E-state index in [1.165, 1.54) is 5.56 Å². The highest BCUT2D eigenvalue weighted by atomic mass is 13.9. The fourth-order valence-corrected chi connectivity index (χ4v) is 1.01. The maximum absolute atomic E-state index is 3.89. The molecule has 0 aliphatic rings. The van der Waals surface area contributed by atoms with Crippen LogP contribution in [0.4, 0.5) is 0 Å². The van der Waals surface area contributed by atoms with Gasteiger partial charge in [0.2, 0.25) is 0 Å².